The fraction of sp³-hybridized carbons (Fsp3) is 0.621. The van der Waals surface area contributed by atoms with Crippen molar-refractivity contribution in [2.45, 2.75) is 69.9 Å². The number of carbonyl (C=O) groups excluding carboxylic acids is 5. The van der Waals surface area contributed by atoms with Crippen LogP contribution in [0.3, 0.4) is 0 Å². The molecule has 13 heteroatoms. The first-order valence-electron chi connectivity index (χ1n) is 13.7. The van der Waals surface area contributed by atoms with Gasteiger partial charge in [-0.1, -0.05) is 6.92 Å². The van der Waals surface area contributed by atoms with Crippen molar-refractivity contribution in [3.05, 3.63) is 28.3 Å². The summed E-state index contributed by atoms with van der Waals surface area (Å²) in [7, 11) is 4.50. The van der Waals surface area contributed by atoms with Crippen LogP contribution in [0.25, 0.3) is 0 Å². The third-order valence-corrected chi connectivity index (χ3v) is 9.74. The summed E-state index contributed by atoms with van der Waals surface area (Å²) in [5, 5.41) is 22.5. The van der Waals surface area contributed by atoms with E-state index in [2.05, 4.69) is 0 Å². The van der Waals surface area contributed by atoms with E-state index >= 15 is 0 Å². The lowest BCUT2D eigenvalue weighted by Gasteiger charge is -2.52. The number of alkyl halides is 3. The minimum atomic E-state index is -4.92. The van der Waals surface area contributed by atoms with E-state index in [9.17, 15) is 47.4 Å². The first-order chi connectivity index (χ1) is 19.2. The van der Waals surface area contributed by atoms with Crippen molar-refractivity contribution in [3.8, 4) is 5.75 Å². The SMILES string of the molecule is CCC(C)(C)N(C)Cc1cc(O)c2c(c1C(F)(F)F)C[C@H]1C[C@H]3[C@H](N(C)C)C(=O)C(C(N)=O)C(=O)[C@@]3(O)C(=O)C1C2=O. The third kappa shape index (κ3) is 4.56. The summed E-state index contributed by atoms with van der Waals surface area (Å²) in [6, 6.07) is -0.471. The number of primary amides is 1. The molecule has 3 aliphatic rings. The van der Waals surface area contributed by atoms with Gasteiger partial charge in [-0.05, 0) is 77.4 Å². The van der Waals surface area contributed by atoms with Crippen LogP contribution in [0, 0.1) is 23.7 Å². The number of nitrogens with two attached hydrogens (primary N) is 1. The summed E-state index contributed by atoms with van der Waals surface area (Å²) in [6.07, 6.45) is -5.11. The van der Waals surface area contributed by atoms with Crippen LogP contribution in [-0.2, 0) is 38.3 Å². The average Bonchev–Trinajstić information content (AvgIpc) is 2.84. The molecule has 0 aliphatic heterocycles. The Labute approximate surface area is 241 Å². The van der Waals surface area contributed by atoms with Crippen LogP contribution < -0.4 is 5.73 Å². The molecular weight excluding hydrogens is 559 g/mol. The maximum absolute atomic E-state index is 14.7. The van der Waals surface area contributed by atoms with Crippen molar-refractivity contribution in [1.82, 2.24) is 9.80 Å². The van der Waals surface area contributed by atoms with Crippen molar-refractivity contribution < 1.29 is 47.4 Å². The molecule has 0 saturated heterocycles. The van der Waals surface area contributed by atoms with Gasteiger partial charge in [0.2, 0.25) is 5.91 Å². The number of ketones is 4. The number of hydrogen-bond donors (Lipinski definition) is 3. The minimum absolute atomic E-state index is 0.194. The predicted octanol–water partition coefficient (Wildman–Crippen LogP) is 1.51. The lowest BCUT2D eigenvalue weighted by molar-refractivity contribution is -0.181. The molecule has 2 fully saturated rings. The van der Waals surface area contributed by atoms with E-state index < -0.39 is 105 Å². The molecule has 2 saturated carbocycles. The monoisotopic (exact) mass is 595 g/mol. The molecule has 1 aromatic carbocycles. The van der Waals surface area contributed by atoms with Crippen molar-refractivity contribution in [2.75, 3.05) is 21.1 Å². The quantitative estimate of drug-likeness (QED) is 0.415. The van der Waals surface area contributed by atoms with Gasteiger partial charge in [-0.25, -0.2) is 0 Å². The summed E-state index contributed by atoms with van der Waals surface area (Å²) in [4.78, 5) is 69.2. The van der Waals surface area contributed by atoms with Gasteiger partial charge < -0.3 is 15.9 Å². The van der Waals surface area contributed by atoms with Crippen molar-refractivity contribution in [1.29, 1.82) is 0 Å². The van der Waals surface area contributed by atoms with Gasteiger partial charge in [-0.15, -0.1) is 0 Å². The van der Waals surface area contributed by atoms with Crippen molar-refractivity contribution in [3.63, 3.8) is 0 Å². The molecule has 1 aromatic rings. The number of phenols is 1. The zero-order valence-corrected chi connectivity index (χ0v) is 24.3. The lowest BCUT2D eigenvalue weighted by Crippen LogP contribution is -2.74. The molecule has 0 heterocycles. The highest BCUT2D eigenvalue weighted by atomic mass is 19.4. The number of carbonyl (C=O) groups is 5. The summed E-state index contributed by atoms with van der Waals surface area (Å²) >= 11 is 0. The number of Topliss-reactive ketones (excluding diaryl/α,β-unsaturated/α-hetero) is 4. The molecule has 0 bridgehead atoms. The first-order valence-corrected chi connectivity index (χ1v) is 13.7. The van der Waals surface area contributed by atoms with Crippen LogP contribution in [0.15, 0.2) is 6.07 Å². The van der Waals surface area contributed by atoms with E-state index in [4.69, 9.17) is 5.73 Å². The molecule has 10 nitrogen and oxygen atoms in total. The molecule has 0 radical (unpaired) electrons. The Morgan fingerprint density at radius 3 is 2.21 bits per heavy atom. The maximum Gasteiger partial charge on any atom is 0.417 e. The Bertz CT molecular complexity index is 1390. The predicted molar refractivity (Wildman–Crippen MR) is 142 cm³/mol. The van der Waals surface area contributed by atoms with Crippen molar-refractivity contribution >= 4 is 29.0 Å². The Hall–Kier alpha value is -3.16. The van der Waals surface area contributed by atoms with Crippen LogP contribution in [0.5, 0.6) is 5.75 Å². The molecule has 2 unspecified atom stereocenters. The highest BCUT2D eigenvalue weighted by Gasteiger charge is 2.69. The number of aliphatic hydroxyl groups is 1. The van der Waals surface area contributed by atoms with Gasteiger partial charge in [0.05, 0.1) is 23.1 Å². The number of rotatable bonds is 6. The molecule has 0 spiro atoms. The zero-order chi connectivity index (χ0) is 31.9. The average molecular weight is 596 g/mol. The van der Waals surface area contributed by atoms with E-state index in [1.807, 2.05) is 20.8 Å². The Morgan fingerprint density at radius 1 is 1.12 bits per heavy atom. The smallest absolute Gasteiger partial charge is 0.417 e. The molecule has 4 N–H and O–H groups in total. The fourth-order valence-electron chi connectivity index (χ4n) is 6.96. The summed E-state index contributed by atoms with van der Waals surface area (Å²) in [5.74, 6) is -13.4. The second-order valence-corrected chi connectivity index (χ2v) is 12.6. The molecule has 4 rings (SSSR count). The standard InChI is InChI=1S/C29H36F3N3O7/c1-7-27(2,3)35(6)11-13-10-16(36)18-14(20(13)29(30,31)32)8-12-9-15-21(34(4)5)23(38)19(26(33)41)25(40)28(15,42)24(39)17(12)22(18)37/h10,12,15,17,19,21,36,42H,7-9,11H2,1-6H3,(H2,33,41)/t12-,15-,17?,19?,21-,28-/m0/s1. The number of hydrogen-bond acceptors (Lipinski definition) is 9. The molecule has 1 amide bonds. The number of phenolic OH excluding ortho intramolecular Hbond substituents is 1. The topological polar surface area (TPSA) is 158 Å². The Morgan fingerprint density at radius 2 is 1.71 bits per heavy atom. The van der Waals surface area contributed by atoms with E-state index in [-0.39, 0.29) is 18.5 Å². The van der Waals surface area contributed by atoms with Gasteiger partial charge in [0, 0.05) is 18.0 Å². The highest BCUT2D eigenvalue weighted by Crippen LogP contribution is 2.52. The fourth-order valence-corrected chi connectivity index (χ4v) is 6.96. The first kappa shape index (κ1) is 31.8. The number of fused-ring (bicyclic) bond motifs is 3. The third-order valence-electron chi connectivity index (χ3n) is 9.74. The second-order valence-electron chi connectivity index (χ2n) is 12.6. The van der Waals surface area contributed by atoms with Gasteiger partial charge >= 0.3 is 6.18 Å². The Balaban J connectivity index is 1.90. The van der Waals surface area contributed by atoms with Gasteiger partial charge in [0.25, 0.3) is 0 Å². The van der Waals surface area contributed by atoms with E-state index in [0.29, 0.717) is 6.42 Å². The molecule has 6 atom stereocenters. The number of likely N-dealkylation sites (N-methyl/N-ethyl adjacent to an activating group) is 1. The minimum Gasteiger partial charge on any atom is -0.507 e. The van der Waals surface area contributed by atoms with Crippen LogP contribution in [0.2, 0.25) is 0 Å². The van der Waals surface area contributed by atoms with Gasteiger partial charge in [0.15, 0.2) is 34.7 Å². The molecule has 3 aliphatic carbocycles. The lowest BCUT2D eigenvalue weighted by atomic mass is 9.52. The van der Waals surface area contributed by atoms with E-state index in [0.717, 1.165) is 6.07 Å². The van der Waals surface area contributed by atoms with E-state index in [1.165, 1.54) is 19.0 Å². The van der Waals surface area contributed by atoms with Crippen LogP contribution in [-0.4, -0.2) is 87.4 Å². The van der Waals surface area contributed by atoms with Crippen molar-refractivity contribution in [2.24, 2.45) is 29.4 Å². The van der Waals surface area contributed by atoms with Crippen LogP contribution >= 0.6 is 0 Å². The zero-order valence-electron chi connectivity index (χ0n) is 24.3. The molecule has 42 heavy (non-hydrogen) atoms. The molecular formula is C29H36F3N3O7. The number of amides is 1. The second kappa shape index (κ2) is 10.2. The highest BCUT2D eigenvalue weighted by molar-refractivity contribution is 6.32. The van der Waals surface area contributed by atoms with Gasteiger partial charge in [0.1, 0.15) is 5.75 Å². The molecule has 0 aromatic heterocycles. The summed E-state index contributed by atoms with van der Waals surface area (Å²) in [5.41, 5.74) is -0.622. The van der Waals surface area contributed by atoms with Crippen LogP contribution in [0.1, 0.15) is 60.7 Å². The van der Waals surface area contributed by atoms with Gasteiger partial charge in [-0.2, -0.15) is 13.2 Å². The number of halogens is 3. The number of benzene rings is 1. The van der Waals surface area contributed by atoms with Gasteiger partial charge in [-0.3, -0.25) is 33.8 Å². The van der Waals surface area contributed by atoms with Crippen LogP contribution in [0.4, 0.5) is 13.2 Å². The Kier molecular flexibility index (Phi) is 7.74. The summed E-state index contributed by atoms with van der Waals surface area (Å²) in [6.45, 7) is 5.41. The maximum atomic E-state index is 14.7. The largest absolute Gasteiger partial charge is 0.507 e. The molecule has 230 valence electrons. The summed E-state index contributed by atoms with van der Waals surface area (Å²) < 4.78 is 44.1. The van der Waals surface area contributed by atoms with E-state index in [1.54, 1.807) is 11.9 Å². The number of nitrogens with zero attached hydrogens (tertiary/aromatic N) is 2. The normalized spacial score (nSPS) is 30.0. The number of aromatic hydroxyl groups is 1.